The lowest BCUT2D eigenvalue weighted by Crippen LogP contribution is -2.60. The maximum Gasteiger partial charge on any atom is 0.120 e. The molecule has 4 aliphatic heterocycles. The Morgan fingerprint density at radius 2 is 2.29 bits per heavy atom. The average molecular weight is 324 g/mol. The van der Waals surface area contributed by atoms with E-state index in [1.54, 1.807) is 7.11 Å². The number of hydrogen-bond donors (Lipinski definition) is 2. The van der Waals surface area contributed by atoms with E-state index in [1.807, 2.05) is 0 Å². The van der Waals surface area contributed by atoms with Gasteiger partial charge in [-0.3, -0.25) is 4.90 Å². The third-order valence-electron chi connectivity index (χ3n) is 6.63. The quantitative estimate of drug-likeness (QED) is 0.835. The Balaban J connectivity index is 1.65. The molecule has 2 aromatic rings. The highest BCUT2D eigenvalue weighted by Crippen LogP contribution is 2.54. The van der Waals surface area contributed by atoms with Gasteiger partial charge in [0.15, 0.2) is 0 Å². The average Bonchev–Trinajstić information content (AvgIpc) is 2.99. The Bertz CT molecular complexity index is 838. The van der Waals surface area contributed by atoms with Crippen LogP contribution in [0.15, 0.2) is 29.8 Å². The van der Waals surface area contributed by atoms with E-state index in [-0.39, 0.29) is 0 Å². The summed E-state index contributed by atoms with van der Waals surface area (Å²) in [7, 11) is 1.71. The molecule has 3 fully saturated rings. The Morgan fingerprint density at radius 1 is 1.42 bits per heavy atom. The summed E-state index contributed by atoms with van der Waals surface area (Å²) in [5.41, 5.74) is 5.55. The molecule has 0 aliphatic carbocycles. The van der Waals surface area contributed by atoms with Crippen LogP contribution in [0.5, 0.6) is 5.75 Å². The van der Waals surface area contributed by atoms with E-state index in [0.717, 1.165) is 25.1 Å². The Hall–Kier alpha value is -1.78. The standard InChI is InChI=1S/C20H24N2O2/c1-3-11-9-22-18-8-15-13-5-4-12(24-2)6-17(13)21-20(15)19(22)7-14(11)16(18)10-23/h3-6,14,16,18-19,21,23H,7-10H2,1-2H3/b11-3-. The van der Waals surface area contributed by atoms with Crippen LogP contribution >= 0.6 is 0 Å². The van der Waals surface area contributed by atoms with Crippen molar-refractivity contribution in [1.82, 2.24) is 9.88 Å². The third kappa shape index (κ3) is 1.76. The minimum atomic E-state index is 0.293. The SMILES string of the molecule is C/C=C1/CN2C3CC1C(CO)C2Cc1c3[nH]c2cc(OC)ccc12. The van der Waals surface area contributed by atoms with Gasteiger partial charge in [-0.15, -0.1) is 0 Å². The summed E-state index contributed by atoms with van der Waals surface area (Å²) in [6.45, 7) is 3.49. The number of rotatable bonds is 2. The number of nitrogens with one attached hydrogen (secondary N) is 1. The fourth-order valence-electron chi connectivity index (χ4n) is 5.48. The van der Waals surface area contributed by atoms with E-state index in [9.17, 15) is 5.11 Å². The first-order valence-electron chi connectivity index (χ1n) is 8.95. The number of H-pyrrole nitrogens is 1. The molecule has 24 heavy (non-hydrogen) atoms. The smallest absolute Gasteiger partial charge is 0.120 e. The molecule has 0 saturated carbocycles. The number of aromatic nitrogens is 1. The molecule has 2 N–H and O–H groups in total. The highest BCUT2D eigenvalue weighted by atomic mass is 16.5. The lowest BCUT2D eigenvalue weighted by Gasteiger charge is -2.58. The van der Waals surface area contributed by atoms with Gasteiger partial charge in [-0.05, 0) is 43.4 Å². The molecule has 4 bridgehead atoms. The summed E-state index contributed by atoms with van der Waals surface area (Å²) in [6.07, 6.45) is 4.43. The summed E-state index contributed by atoms with van der Waals surface area (Å²) in [4.78, 5) is 6.32. The lowest BCUT2D eigenvalue weighted by molar-refractivity contribution is -0.0503. The molecule has 4 heteroatoms. The minimum Gasteiger partial charge on any atom is -0.497 e. The highest BCUT2D eigenvalue weighted by Gasteiger charge is 2.52. The van der Waals surface area contributed by atoms with Crippen LogP contribution in [0.25, 0.3) is 10.9 Å². The number of allylic oxidation sites excluding steroid dienone is 1. The molecular weight excluding hydrogens is 300 g/mol. The van der Waals surface area contributed by atoms with Crippen molar-refractivity contribution in [3.8, 4) is 5.75 Å². The second-order valence-electron chi connectivity index (χ2n) is 7.44. The largest absolute Gasteiger partial charge is 0.497 e. The highest BCUT2D eigenvalue weighted by molar-refractivity contribution is 5.86. The maximum atomic E-state index is 10.0. The van der Waals surface area contributed by atoms with Crippen molar-refractivity contribution in [3.05, 3.63) is 41.1 Å². The molecule has 5 atom stereocenters. The molecule has 4 nitrogen and oxygen atoms in total. The molecule has 0 radical (unpaired) electrons. The Labute approximate surface area is 142 Å². The van der Waals surface area contributed by atoms with E-state index in [4.69, 9.17) is 4.74 Å². The fraction of sp³-hybridized carbons (Fsp3) is 0.500. The molecule has 6 rings (SSSR count). The first-order valence-corrected chi connectivity index (χ1v) is 8.95. The number of methoxy groups -OCH3 is 1. The van der Waals surface area contributed by atoms with Crippen LogP contribution < -0.4 is 4.74 Å². The van der Waals surface area contributed by atoms with Crippen LogP contribution in [0.2, 0.25) is 0 Å². The number of aromatic amines is 1. The minimum absolute atomic E-state index is 0.293. The predicted octanol–water partition coefficient (Wildman–Crippen LogP) is 3.03. The van der Waals surface area contributed by atoms with Gasteiger partial charge < -0.3 is 14.8 Å². The van der Waals surface area contributed by atoms with E-state index in [1.165, 1.54) is 27.7 Å². The van der Waals surface area contributed by atoms with E-state index in [0.29, 0.717) is 30.5 Å². The summed E-state index contributed by atoms with van der Waals surface area (Å²) in [6, 6.07) is 7.27. The van der Waals surface area contributed by atoms with Gasteiger partial charge in [0.05, 0.1) is 13.2 Å². The molecular formula is C20H24N2O2. The van der Waals surface area contributed by atoms with Gasteiger partial charge >= 0.3 is 0 Å². The van der Waals surface area contributed by atoms with Crippen LogP contribution in [0.1, 0.15) is 30.6 Å². The van der Waals surface area contributed by atoms with Crippen LogP contribution in [-0.4, -0.2) is 41.3 Å². The first-order chi connectivity index (χ1) is 11.7. The van der Waals surface area contributed by atoms with Crippen molar-refractivity contribution in [1.29, 1.82) is 0 Å². The predicted molar refractivity (Wildman–Crippen MR) is 94.2 cm³/mol. The molecule has 5 unspecified atom stereocenters. The number of hydrogen-bond acceptors (Lipinski definition) is 3. The lowest BCUT2D eigenvalue weighted by atomic mass is 9.64. The second kappa shape index (κ2) is 5.11. The number of benzene rings is 1. The maximum absolute atomic E-state index is 10.0. The zero-order chi connectivity index (χ0) is 16.4. The summed E-state index contributed by atoms with van der Waals surface area (Å²) >= 11 is 0. The van der Waals surface area contributed by atoms with Gasteiger partial charge in [-0.1, -0.05) is 11.6 Å². The van der Waals surface area contributed by atoms with Crippen molar-refractivity contribution in [2.75, 3.05) is 20.3 Å². The summed E-state index contributed by atoms with van der Waals surface area (Å²) in [5.74, 6) is 1.81. The normalized spacial score (nSPS) is 35.5. The summed E-state index contributed by atoms with van der Waals surface area (Å²) < 4.78 is 5.38. The summed E-state index contributed by atoms with van der Waals surface area (Å²) in [5, 5.41) is 11.4. The molecule has 0 amide bonds. The number of nitrogens with zero attached hydrogens (tertiary/aromatic N) is 1. The third-order valence-corrected chi connectivity index (χ3v) is 6.63. The second-order valence-corrected chi connectivity index (χ2v) is 7.44. The number of aliphatic hydroxyl groups is 1. The molecule has 5 heterocycles. The number of ether oxygens (including phenoxy) is 1. The van der Waals surface area contributed by atoms with Crippen molar-refractivity contribution >= 4 is 10.9 Å². The number of piperidine rings is 3. The number of fused-ring (bicyclic) bond motifs is 4. The topological polar surface area (TPSA) is 48.5 Å². The van der Waals surface area contributed by atoms with Crippen LogP contribution in [0, 0.1) is 11.8 Å². The molecule has 3 saturated heterocycles. The van der Waals surface area contributed by atoms with Gasteiger partial charge in [0.2, 0.25) is 0 Å². The van der Waals surface area contributed by atoms with E-state index in [2.05, 4.69) is 41.1 Å². The van der Waals surface area contributed by atoms with Crippen LogP contribution in [0.3, 0.4) is 0 Å². The van der Waals surface area contributed by atoms with Crippen LogP contribution in [0.4, 0.5) is 0 Å². The Morgan fingerprint density at radius 3 is 3.04 bits per heavy atom. The fourth-order valence-corrected chi connectivity index (χ4v) is 5.48. The molecule has 126 valence electrons. The van der Waals surface area contributed by atoms with Gasteiger partial charge in [-0.2, -0.15) is 0 Å². The molecule has 1 aromatic carbocycles. The molecule has 1 aromatic heterocycles. The monoisotopic (exact) mass is 324 g/mol. The molecule has 4 aliphatic rings. The van der Waals surface area contributed by atoms with Crippen molar-refractivity contribution in [2.24, 2.45) is 11.8 Å². The van der Waals surface area contributed by atoms with Gasteiger partial charge in [-0.25, -0.2) is 0 Å². The Kier molecular flexibility index (Phi) is 3.10. The molecule has 0 spiro atoms. The zero-order valence-electron chi connectivity index (χ0n) is 14.2. The van der Waals surface area contributed by atoms with Gasteiger partial charge in [0.25, 0.3) is 0 Å². The van der Waals surface area contributed by atoms with Crippen molar-refractivity contribution < 1.29 is 9.84 Å². The van der Waals surface area contributed by atoms with Crippen LogP contribution in [-0.2, 0) is 6.42 Å². The van der Waals surface area contributed by atoms with Crippen molar-refractivity contribution in [2.45, 2.75) is 31.8 Å². The zero-order valence-corrected chi connectivity index (χ0v) is 14.2. The van der Waals surface area contributed by atoms with Crippen molar-refractivity contribution in [3.63, 3.8) is 0 Å². The number of aliphatic hydroxyl groups excluding tert-OH is 1. The van der Waals surface area contributed by atoms with Gasteiger partial charge in [0.1, 0.15) is 5.75 Å². The first kappa shape index (κ1) is 14.6. The van der Waals surface area contributed by atoms with E-state index >= 15 is 0 Å². The van der Waals surface area contributed by atoms with E-state index < -0.39 is 0 Å². The van der Waals surface area contributed by atoms with Gasteiger partial charge in [0, 0.05) is 47.8 Å².